The molecule has 0 spiro atoms. The minimum absolute atomic E-state index is 0.0129. The second-order valence-corrected chi connectivity index (χ2v) is 5.38. The molecule has 21 heavy (non-hydrogen) atoms. The number of piperazine rings is 1. The summed E-state index contributed by atoms with van der Waals surface area (Å²) < 4.78 is 5.29. The van der Waals surface area contributed by atoms with Gasteiger partial charge in [0.2, 0.25) is 11.8 Å². The summed E-state index contributed by atoms with van der Waals surface area (Å²) in [6.45, 7) is 4.94. The Morgan fingerprint density at radius 3 is 2.90 bits per heavy atom. The minimum Gasteiger partial charge on any atom is -0.353 e. The van der Waals surface area contributed by atoms with Crippen LogP contribution in [0.25, 0.3) is 0 Å². The Hall–Kier alpha value is -2.21. The Morgan fingerprint density at radius 1 is 1.33 bits per heavy atom. The molecule has 6 heteroatoms. The lowest BCUT2D eigenvalue weighted by molar-refractivity contribution is -0.121. The summed E-state index contributed by atoms with van der Waals surface area (Å²) >= 11 is 0. The number of nitrogens with zero attached hydrogens (tertiary/aromatic N) is 2. The average molecular weight is 286 g/mol. The first-order chi connectivity index (χ1) is 10.1. The van der Waals surface area contributed by atoms with Crippen LogP contribution in [-0.4, -0.2) is 29.1 Å². The molecule has 1 unspecified atom stereocenters. The molecule has 2 N–H and O–H groups in total. The van der Waals surface area contributed by atoms with Crippen molar-refractivity contribution < 1.29 is 9.32 Å². The Labute approximate surface area is 122 Å². The quantitative estimate of drug-likeness (QED) is 0.881. The fraction of sp³-hybridized carbons (Fsp3) is 0.400. The standard InChI is InChI=1S/C15H18N4O2/c1-9-3-4-11(5-10(9)2)6-13-18-15(21-19-13)12-7-17-14(20)8-16-12/h3-5,12,16H,6-8H2,1-2H3,(H,17,20). The topological polar surface area (TPSA) is 80.0 Å². The van der Waals surface area contributed by atoms with Gasteiger partial charge in [-0.3, -0.25) is 10.1 Å². The number of aromatic nitrogens is 2. The van der Waals surface area contributed by atoms with Crippen molar-refractivity contribution in [3.8, 4) is 0 Å². The Kier molecular flexibility index (Phi) is 3.70. The van der Waals surface area contributed by atoms with Crippen molar-refractivity contribution in [1.29, 1.82) is 0 Å². The predicted octanol–water partition coefficient (Wildman–Crippen LogP) is 1.04. The Bertz CT molecular complexity index is 655. The Balaban J connectivity index is 1.70. The number of aryl methyl sites for hydroxylation is 2. The van der Waals surface area contributed by atoms with Crippen molar-refractivity contribution in [3.63, 3.8) is 0 Å². The number of carbonyl (C=O) groups is 1. The van der Waals surface area contributed by atoms with Crippen LogP contribution in [0.5, 0.6) is 0 Å². The van der Waals surface area contributed by atoms with E-state index in [1.807, 2.05) is 0 Å². The molecule has 1 aliphatic rings. The first-order valence-electron chi connectivity index (χ1n) is 7.00. The fourth-order valence-electron chi connectivity index (χ4n) is 2.32. The number of benzene rings is 1. The number of nitrogens with one attached hydrogen (secondary N) is 2. The number of hydrogen-bond acceptors (Lipinski definition) is 5. The van der Waals surface area contributed by atoms with Gasteiger partial charge >= 0.3 is 0 Å². The molecule has 0 aliphatic carbocycles. The van der Waals surface area contributed by atoms with Crippen LogP contribution >= 0.6 is 0 Å². The molecule has 2 heterocycles. The molecule has 2 aromatic rings. The van der Waals surface area contributed by atoms with Crippen LogP contribution in [0.4, 0.5) is 0 Å². The molecule has 1 atom stereocenters. The van der Waals surface area contributed by atoms with E-state index in [0.717, 1.165) is 5.56 Å². The number of rotatable bonds is 3. The summed E-state index contributed by atoms with van der Waals surface area (Å²) in [4.78, 5) is 15.5. The summed E-state index contributed by atoms with van der Waals surface area (Å²) in [5, 5.41) is 9.86. The van der Waals surface area contributed by atoms with E-state index in [1.54, 1.807) is 0 Å². The molecule has 6 nitrogen and oxygen atoms in total. The highest BCUT2D eigenvalue weighted by atomic mass is 16.5. The number of hydrogen-bond donors (Lipinski definition) is 2. The van der Waals surface area contributed by atoms with E-state index in [1.165, 1.54) is 11.1 Å². The lowest BCUT2D eigenvalue weighted by atomic mass is 10.0. The highest BCUT2D eigenvalue weighted by molar-refractivity contribution is 5.78. The zero-order chi connectivity index (χ0) is 14.8. The molecule has 0 radical (unpaired) electrons. The number of carbonyl (C=O) groups excluding carboxylic acids is 1. The summed E-state index contributed by atoms with van der Waals surface area (Å²) in [6, 6.07) is 6.22. The van der Waals surface area contributed by atoms with Crippen molar-refractivity contribution in [2.75, 3.05) is 13.1 Å². The van der Waals surface area contributed by atoms with E-state index < -0.39 is 0 Å². The molecule has 1 amide bonds. The molecule has 110 valence electrons. The third-order valence-electron chi connectivity index (χ3n) is 3.73. The maximum absolute atomic E-state index is 11.1. The van der Waals surface area contributed by atoms with E-state index in [-0.39, 0.29) is 18.5 Å². The summed E-state index contributed by atoms with van der Waals surface area (Å²) in [7, 11) is 0. The van der Waals surface area contributed by atoms with E-state index in [9.17, 15) is 4.79 Å². The van der Waals surface area contributed by atoms with Crippen molar-refractivity contribution in [2.24, 2.45) is 0 Å². The van der Waals surface area contributed by atoms with Gasteiger partial charge in [0.25, 0.3) is 0 Å². The summed E-state index contributed by atoms with van der Waals surface area (Å²) in [6.07, 6.45) is 0.643. The molecule has 1 aromatic carbocycles. The van der Waals surface area contributed by atoms with Gasteiger partial charge in [-0.05, 0) is 30.5 Å². The van der Waals surface area contributed by atoms with Gasteiger partial charge in [0.05, 0.1) is 6.54 Å². The third-order valence-corrected chi connectivity index (χ3v) is 3.73. The van der Waals surface area contributed by atoms with Gasteiger partial charge in [0.15, 0.2) is 5.82 Å². The molecule has 1 fully saturated rings. The monoisotopic (exact) mass is 286 g/mol. The van der Waals surface area contributed by atoms with Gasteiger partial charge in [0.1, 0.15) is 6.04 Å². The van der Waals surface area contributed by atoms with E-state index in [4.69, 9.17) is 4.52 Å². The van der Waals surface area contributed by atoms with Crippen molar-refractivity contribution >= 4 is 5.91 Å². The zero-order valence-corrected chi connectivity index (χ0v) is 12.1. The molecule has 1 aromatic heterocycles. The highest BCUT2D eigenvalue weighted by Crippen LogP contribution is 2.15. The first kappa shape index (κ1) is 13.8. The van der Waals surface area contributed by atoms with Crippen LogP contribution in [0, 0.1) is 13.8 Å². The lowest BCUT2D eigenvalue weighted by Gasteiger charge is -2.20. The van der Waals surface area contributed by atoms with Gasteiger partial charge in [-0.25, -0.2) is 0 Å². The van der Waals surface area contributed by atoms with E-state index in [2.05, 4.69) is 52.8 Å². The van der Waals surface area contributed by atoms with E-state index >= 15 is 0 Å². The largest absolute Gasteiger partial charge is 0.353 e. The van der Waals surface area contributed by atoms with Gasteiger partial charge in [0, 0.05) is 13.0 Å². The highest BCUT2D eigenvalue weighted by Gasteiger charge is 2.23. The Morgan fingerprint density at radius 2 is 2.19 bits per heavy atom. The summed E-state index contributed by atoms with van der Waals surface area (Å²) in [5.41, 5.74) is 3.69. The summed E-state index contributed by atoms with van der Waals surface area (Å²) in [5.74, 6) is 1.17. The molecule has 0 saturated carbocycles. The molecule has 3 rings (SSSR count). The van der Waals surface area contributed by atoms with Crippen molar-refractivity contribution in [1.82, 2.24) is 20.8 Å². The molecule has 1 saturated heterocycles. The van der Waals surface area contributed by atoms with Crippen LogP contribution in [0.15, 0.2) is 22.7 Å². The van der Waals surface area contributed by atoms with Crippen LogP contribution in [0.2, 0.25) is 0 Å². The molecule has 0 bridgehead atoms. The van der Waals surface area contributed by atoms with Crippen LogP contribution < -0.4 is 10.6 Å². The second kappa shape index (κ2) is 5.65. The zero-order valence-electron chi connectivity index (χ0n) is 12.1. The van der Waals surface area contributed by atoms with Gasteiger partial charge in [-0.1, -0.05) is 23.4 Å². The molecule has 1 aliphatic heterocycles. The SMILES string of the molecule is Cc1ccc(Cc2noc(C3CNC(=O)CN3)n2)cc1C. The minimum atomic E-state index is -0.108. The first-order valence-corrected chi connectivity index (χ1v) is 7.00. The third kappa shape index (κ3) is 3.11. The molecular weight excluding hydrogens is 268 g/mol. The molecular formula is C15H18N4O2. The van der Waals surface area contributed by atoms with E-state index in [0.29, 0.717) is 24.7 Å². The maximum Gasteiger partial charge on any atom is 0.245 e. The van der Waals surface area contributed by atoms with Gasteiger partial charge in [-0.2, -0.15) is 4.98 Å². The van der Waals surface area contributed by atoms with Crippen molar-refractivity contribution in [2.45, 2.75) is 26.3 Å². The van der Waals surface area contributed by atoms with Crippen LogP contribution in [0.1, 0.15) is 34.4 Å². The normalized spacial score (nSPS) is 18.6. The van der Waals surface area contributed by atoms with Crippen LogP contribution in [0.3, 0.4) is 0 Å². The number of amides is 1. The smallest absolute Gasteiger partial charge is 0.245 e. The predicted molar refractivity (Wildman–Crippen MR) is 76.8 cm³/mol. The fourth-order valence-corrected chi connectivity index (χ4v) is 2.32. The van der Waals surface area contributed by atoms with Gasteiger partial charge in [-0.15, -0.1) is 0 Å². The maximum atomic E-state index is 11.1. The van der Waals surface area contributed by atoms with Gasteiger partial charge < -0.3 is 9.84 Å². The second-order valence-electron chi connectivity index (χ2n) is 5.38. The van der Waals surface area contributed by atoms with Crippen LogP contribution in [-0.2, 0) is 11.2 Å². The van der Waals surface area contributed by atoms with Crippen molar-refractivity contribution in [3.05, 3.63) is 46.6 Å². The average Bonchev–Trinajstić information content (AvgIpc) is 2.92. The lowest BCUT2D eigenvalue weighted by Crippen LogP contribution is -2.47.